The number of aliphatic hydroxyl groups is 1. The number of aliphatic hydroxyl groups excluding tert-OH is 1. The molecule has 2 nitrogen and oxygen atoms in total. The molecule has 14 heavy (non-hydrogen) atoms. The Morgan fingerprint density at radius 1 is 1.43 bits per heavy atom. The van der Waals surface area contributed by atoms with Crippen molar-refractivity contribution in [1.82, 2.24) is 0 Å². The van der Waals surface area contributed by atoms with Crippen molar-refractivity contribution in [2.75, 3.05) is 0 Å². The summed E-state index contributed by atoms with van der Waals surface area (Å²) in [5.74, 6) is -0.431. The molecule has 0 saturated heterocycles. The van der Waals surface area contributed by atoms with Crippen LogP contribution in [-0.2, 0) is 6.61 Å². The van der Waals surface area contributed by atoms with Crippen LogP contribution in [0.25, 0.3) is 10.1 Å². The summed E-state index contributed by atoms with van der Waals surface area (Å²) in [7, 11) is 0. The van der Waals surface area contributed by atoms with Crippen molar-refractivity contribution in [1.29, 1.82) is 0 Å². The molecule has 4 heteroatoms. The van der Waals surface area contributed by atoms with Gasteiger partial charge in [0, 0.05) is 10.3 Å². The molecule has 1 N–H and O–H groups in total. The maximum atomic E-state index is 13.2. The smallest absolute Gasteiger partial charge is 0.160 e. The van der Waals surface area contributed by atoms with Crippen molar-refractivity contribution in [2.24, 2.45) is 0 Å². The van der Waals surface area contributed by atoms with E-state index in [-0.39, 0.29) is 12.2 Å². The molecule has 0 spiro atoms. The van der Waals surface area contributed by atoms with E-state index in [4.69, 9.17) is 5.11 Å². The van der Waals surface area contributed by atoms with Gasteiger partial charge in [0.1, 0.15) is 5.82 Å². The van der Waals surface area contributed by atoms with Gasteiger partial charge in [-0.3, -0.25) is 4.79 Å². The van der Waals surface area contributed by atoms with Crippen LogP contribution >= 0.6 is 11.3 Å². The van der Waals surface area contributed by atoms with Crippen LogP contribution in [0.5, 0.6) is 0 Å². The monoisotopic (exact) mass is 210 g/mol. The average molecular weight is 210 g/mol. The third kappa shape index (κ3) is 1.42. The van der Waals surface area contributed by atoms with Gasteiger partial charge >= 0.3 is 0 Å². The van der Waals surface area contributed by atoms with Crippen LogP contribution in [0, 0.1) is 5.82 Å². The third-order valence-corrected chi connectivity index (χ3v) is 3.01. The first-order valence-electron chi connectivity index (χ1n) is 4.02. The van der Waals surface area contributed by atoms with Gasteiger partial charge in [0.2, 0.25) is 0 Å². The molecule has 72 valence electrons. The first-order chi connectivity index (χ1) is 6.74. The molecule has 0 aliphatic carbocycles. The van der Waals surface area contributed by atoms with E-state index in [0.29, 0.717) is 4.88 Å². The highest BCUT2D eigenvalue weighted by Gasteiger charge is 2.06. The van der Waals surface area contributed by atoms with Gasteiger partial charge in [0.15, 0.2) is 6.29 Å². The fraction of sp³-hybridized carbons (Fsp3) is 0.100. The summed E-state index contributed by atoms with van der Waals surface area (Å²) in [6.45, 7) is -0.325. The lowest BCUT2D eigenvalue weighted by Crippen LogP contribution is -1.87. The topological polar surface area (TPSA) is 37.3 Å². The first kappa shape index (κ1) is 9.30. The van der Waals surface area contributed by atoms with E-state index in [0.717, 1.165) is 16.4 Å². The molecule has 1 heterocycles. The van der Waals surface area contributed by atoms with Gasteiger partial charge in [-0.05, 0) is 23.6 Å². The number of carbonyl (C=O) groups excluding carboxylic acids is 1. The van der Waals surface area contributed by atoms with E-state index in [9.17, 15) is 9.18 Å². The molecule has 0 fully saturated rings. The summed E-state index contributed by atoms with van der Waals surface area (Å²) in [5.41, 5.74) is 0.257. The Morgan fingerprint density at radius 3 is 2.86 bits per heavy atom. The van der Waals surface area contributed by atoms with Crippen molar-refractivity contribution in [3.63, 3.8) is 0 Å². The lowest BCUT2D eigenvalue weighted by atomic mass is 10.1. The van der Waals surface area contributed by atoms with Crippen molar-refractivity contribution >= 4 is 27.7 Å². The number of thiophene rings is 1. The Labute approximate surface area is 83.6 Å². The van der Waals surface area contributed by atoms with E-state index in [1.54, 1.807) is 12.1 Å². The van der Waals surface area contributed by atoms with Gasteiger partial charge in [-0.15, -0.1) is 11.3 Å². The molecular formula is C10H7FO2S. The van der Waals surface area contributed by atoms with Gasteiger partial charge in [-0.2, -0.15) is 0 Å². The van der Waals surface area contributed by atoms with E-state index >= 15 is 0 Å². The van der Waals surface area contributed by atoms with E-state index in [2.05, 4.69) is 0 Å². The summed E-state index contributed by atoms with van der Waals surface area (Å²) < 4.78 is 13.9. The second kappa shape index (κ2) is 3.48. The molecule has 0 unspecified atom stereocenters. The van der Waals surface area contributed by atoms with Crippen LogP contribution in [0.15, 0.2) is 18.2 Å². The van der Waals surface area contributed by atoms with Crippen molar-refractivity contribution in [2.45, 2.75) is 6.61 Å². The molecule has 0 aliphatic rings. The molecule has 0 bridgehead atoms. The van der Waals surface area contributed by atoms with Gasteiger partial charge in [0.25, 0.3) is 0 Å². The van der Waals surface area contributed by atoms with Crippen LogP contribution in [0.4, 0.5) is 4.39 Å². The normalized spacial score (nSPS) is 10.7. The molecule has 0 radical (unpaired) electrons. The van der Waals surface area contributed by atoms with Gasteiger partial charge < -0.3 is 5.11 Å². The minimum Gasteiger partial charge on any atom is -0.392 e. The third-order valence-electron chi connectivity index (χ3n) is 1.99. The molecule has 0 saturated carbocycles. The molecule has 1 aromatic carbocycles. The zero-order valence-electron chi connectivity index (χ0n) is 7.16. The summed E-state index contributed by atoms with van der Waals surface area (Å²) in [5, 5.41) is 9.63. The van der Waals surface area contributed by atoms with E-state index < -0.39 is 5.82 Å². The Bertz CT molecular complexity index is 490. The van der Waals surface area contributed by atoms with Crippen LogP contribution in [0.1, 0.15) is 15.2 Å². The number of halogens is 1. The zero-order chi connectivity index (χ0) is 10.1. The number of aldehydes is 1. The summed E-state index contributed by atoms with van der Waals surface area (Å²) in [6.07, 6.45) is 0.737. The Kier molecular flexibility index (Phi) is 2.31. The Balaban J connectivity index is 2.69. The quantitative estimate of drug-likeness (QED) is 0.772. The van der Waals surface area contributed by atoms with Crippen molar-refractivity contribution in [3.8, 4) is 0 Å². The predicted octanol–water partition coefficient (Wildman–Crippen LogP) is 2.35. The van der Waals surface area contributed by atoms with Crippen LogP contribution < -0.4 is 0 Å². The maximum absolute atomic E-state index is 13.2. The average Bonchev–Trinajstić information content (AvgIpc) is 2.58. The second-order valence-corrected chi connectivity index (χ2v) is 4.02. The van der Waals surface area contributed by atoms with E-state index in [1.807, 2.05) is 0 Å². The molecule has 2 rings (SSSR count). The number of fused-ring (bicyclic) bond motifs is 1. The molecule has 1 aromatic heterocycles. The Hall–Kier alpha value is -1.26. The summed E-state index contributed by atoms with van der Waals surface area (Å²) >= 11 is 1.24. The minimum atomic E-state index is -0.431. The first-order valence-corrected chi connectivity index (χ1v) is 4.84. The van der Waals surface area contributed by atoms with Gasteiger partial charge in [0.05, 0.1) is 11.5 Å². The van der Waals surface area contributed by atoms with Gasteiger partial charge in [-0.1, -0.05) is 0 Å². The lowest BCUT2D eigenvalue weighted by Gasteiger charge is -1.97. The molecule has 0 aliphatic heterocycles. The SMILES string of the molecule is O=Cc1cc2cc(CO)c(F)cc2s1. The number of carbonyl (C=O) groups is 1. The fourth-order valence-corrected chi connectivity index (χ4v) is 2.20. The highest BCUT2D eigenvalue weighted by atomic mass is 32.1. The van der Waals surface area contributed by atoms with Crippen LogP contribution in [0.2, 0.25) is 0 Å². The zero-order valence-corrected chi connectivity index (χ0v) is 7.97. The fourth-order valence-electron chi connectivity index (χ4n) is 1.31. The van der Waals surface area contributed by atoms with Crippen molar-refractivity contribution in [3.05, 3.63) is 34.5 Å². The Morgan fingerprint density at radius 2 is 2.21 bits per heavy atom. The molecule has 2 aromatic rings. The van der Waals surface area contributed by atoms with Crippen LogP contribution in [0.3, 0.4) is 0 Å². The molecule has 0 atom stereocenters. The minimum absolute atomic E-state index is 0.257. The van der Waals surface area contributed by atoms with Gasteiger partial charge in [-0.25, -0.2) is 4.39 Å². The summed E-state index contributed by atoms with van der Waals surface area (Å²) in [6, 6.07) is 4.60. The largest absolute Gasteiger partial charge is 0.392 e. The lowest BCUT2D eigenvalue weighted by molar-refractivity contribution is 0.112. The maximum Gasteiger partial charge on any atom is 0.160 e. The molecular weight excluding hydrogens is 203 g/mol. The van der Waals surface area contributed by atoms with Crippen molar-refractivity contribution < 1.29 is 14.3 Å². The number of hydrogen-bond donors (Lipinski definition) is 1. The number of hydrogen-bond acceptors (Lipinski definition) is 3. The predicted molar refractivity (Wildman–Crippen MR) is 53.1 cm³/mol. The second-order valence-electron chi connectivity index (χ2n) is 2.91. The van der Waals surface area contributed by atoms with E-state index in [1.165, 1.54) is 17.4 Å². The highest BCUT2D eigenvalue weighted by molar-refractivity contribution is 7.20. The highest BCUT2D eigenvalue weighted by Crippen LogP contribution is 2.27. The standard InChI is InChI=1S/C10H7FO2S/c11-9-3-10-6(1-7(9)4-12)2-8(5-13)14-10/h1-3,5,12H,4H2. The summed E-state index contributed by atoms with van der Waals surface area (Å²) in [4.78, 5) is 11.0. The number of benzene rings is 1. The molecule has 0 amide bonds. The number of rotatable bonds is 2. The van der Waals surface area contributed by atoms with Crippen LogP contribution in [-0.4, -0.2) is 11.4 Å².